The number of carbonyl (C=O) groups is 2. The van der Waals surface area contributed by atoms with Crippen LogP contribution in [0.3, 0.4) is 0 Å². The van der Waals surface area contributed by atoms with Crippen molar-refractivity contribution >= 4 is 39.2 Å². The van der Waals surface area contributed by atoms with Gasteiger partial charge in [-0.05, 0) is 36.8 Å². The van der Waals surface area contributed by atoms with E-state index < -0.39 is 0 Å². The minimum Gasteiger partial charge on any atom is -0.312 e. The van der Waals surface area contributed by atoms with Gasteiger partial charge in [-0.2, -0.15) is 5.10 Å². The molecular formula is C22H21BrN4O2. The molecule has 1 aromatic heterocycles. The number of anilines is 2. The molecule has 0 bridgehead atoms. The van der Waals surface area contributed by atoms with E-state index in [4.69, 9.17) is 0 Å². The Labute approximate surface area is 177 Å². The average molecular weight is 453 g/mol. The maximum atomic E-state index is 12.8. The molecule has 0 spiro atoms. The zero-order valence-corrected chi connectivity index (χ0v) is 17.6. The molecule has 0 radical (unpaired) electrons. The first-order valence-corrected chi connectivity index (χ1v) is 10.2. The highest BCUT2D eigenvalue weighted by Gasteiger charge is 2.35. The van der Waals surface area contributed by atoms with Crippen LogP contribution in [0.2, 0.25) is 0 Å². The van der Waals surface area contributed by atoms with E-state index in [1.807, 2.05) is 55.5 Å². The van der Waals surface area contributed by atoms with Crippen LogP contribution in [0, 0.1) is 12.8 Å². The fraction of sp³-hybridized carbons (Fsp3) is 0.227. The zero-order valence-electron chi connectivity index (χ0n) is 16.0. The second-order valence-corrected chi connectivity index (χ2v) is 8.15. The number of carbonyl (C=O) groups excluding carboxylic acids is 2. The van der Waals surface area contributed by atoms with E-state index in [1.165, 1.54) is 0 Å². The first kappa shape index (κ1) is 19.4. The van der Waals surface area contributed by atoms with E-state index in [1.54, 1.807) is 21.8 Å². The van der Waals surface area contributed by atoms with Crippen molar-refractivity contribution in [3.63, 3.8) is 0 Å². The van der Waals surface area contributed by atoms with Crippen LogP contribution in [0.1, 0.15) is 17.5 Å². The number of benzene rings is 2. The summed E-state index contributed by atoms with van der Waals surface area (Å²) in [5, 5.41) is 7.25. The summed E-state index contributed by atoms with van der Waals surface area (Å²) in [6.07, 6.45) is 1.87. The van der Waals surface area contributed by atoms with Crippen LogP contribution in [-0.2, 0) is 16.1 Å². The average Bonchev–Trinajstić information content (AvgIpc) is 3.31. The largest absolute Gasteiger partial charge is 0.312 e. The van der Waals surface area contributed by atoms with Gasteiger partial charge in [-0.25, -0.2) is 4.68 Å². The highest BCUT2D eigenvalue weighted by Crippen LogP contribution is 2.26. The molecule has 3 aromatic rings. The van der Waals surface area contributed by atoms with Crippen molar-refractivity contribution in [2.24, 2.45) is 5.92 Å². The van der Waals surface area contributed by atoms with Gasteiger partial charge in [-0.3, -0.25) is 9.59 Å². The molecule has 0 unspecified atom stereocenters. The van der Waals surface area contributed by atoms with E-state index in [2.05, 4.69) is 26.3 Å². The third-order valence-electron chi connectivity index (χ3n) is 5.05. The molecule has 2 amide bonds. The molecule has 1 aliphatic rings. The van der Waals surface area contributed by atoms with Gasteiger partial charge in [-0.1, -0.05) is 45.8 Å². The Balaban J connectivity index is 1.42. The Morgan fingerprint density at radius 2 is 1.86 bits per heavy atom. The molecule has 6 nitrogen and oxygen atoms in total. The monoisotopic (exact) mass is 452 g/mol. The molecule has 2 aromatic carbocycles. The van der Waals surface area contributed by atoms with E-state index >= 15 is 0 Å². The first-order valence-electron chi connectivity index (χ1n) is 9.44. The fourth-order valence-corrected chi connectivity index (χ4v) is 3.68. The van der Waals surface area contributed by atoms with Crippen molar-refractivity contribution in [1.29, 1.82) is 0 Å². The Hall–Kier alpha value is -2.93. The minimum atomic E-state index is -0.389. The fourth-order valence-electron chi connectivity index (χ4n) is 3.41. The zero-order chi connectivity index (χ0) is 20.4. The maximum Gasteiger partial charge on any atom is 0.230 e. The van der Waals surface area contributed by atoms with Crippen LogP contribution >= 0.6 is 15.9 Å². The molecule has 1 atom stereocenters. The number of aryl methyl sites for hydroxylation is 1. The van der Waals surface area contributed by atoms with Gasteiger partial charge in [0.25, 0.3) is 0 Å². The van der Waals surface area contributed by atoms with Gasteiger partial charge in [0.1, 0.15) is 5.82 Å². The third kappa shape index (κ3) is 4.40. The normalized spacial score (nSPS) is 16.3. The van der Waals surface area contributed by atoms with Gasteiger partial charge >= 0.3 is 0 Å². The minimum absolute atomic E-state index is 0.0302. The smallest absolute Gasteiger partial charge is 0.230 e. The number of nitrogens with one attached hydrogen (secondary N) is 1. The number of hydrogen-bond acceptors (Lipinski definition) is 3. The van der Waals surface area contributed by atoms with Gasteiger partial charge in [-0.15, -0.1) is 0 Å². The summed E-state index contributed by atoms with van der Waals surface area (Å²) in [5.41, 5.74) is 3.04. The number of amides is 2. The molecule has 1 aliphatic heterocycles. The summed E-state index contributed by atoms with van der Waals surface area (Å²) in [5.74, 6) is 0.0434. The van der Waals surface area contributed by atoms with Crippen molar-refractivity contribution in [3.8, 4) is 0 Å². The Morgan fingerprint density at radius 3 is 2.59 bits per heavy atom. The number of nitrogens with zero attached hydrogens (tertiary/aromatic N) is 3. The van der Waals surface area contributed by atoms with Gasteiger partial charge in [0.15, 0.2) is 0 Å². The predicted octanol–water partition coefficient (Wildman–Crippen LogP) is 3.99. The molecule has 1 N–H and O–H groups in total. The predicted molar refractivity (Wildman–Crippen MR) is 116 cm³/mol. The number of rotatable bonds is 5. The van der Waals surface area contributed by atoms with Crippen LogP contribution in [-0.4, -0.2) is 28.1 Å². The van der Waals surface area contributed by atoms with E-state index in [0.29, 0.717) is 18.9 Å². The summed E-state index contributed by atoms with van der Waals surface area (Å²) in [4.78, 5) is 26.9. The van der Waals surface area contributed by atoms with Crippen LogP contribution in [0.15, 0.2) is 65.3 Å². The number of halogens is 1. The van der Waals surface area contributed by atoms with Gasteiger partial charge in [0.05, 0.1) is 18.7 Å². The Bertz CT molecular complexity index is 1030. The topological polar surface area (TPSA) is 67.2 Å². The summed E-state index contributed by atoms with van der Waals surface area (Å²) in [6, 6.07) is 17.5. The SMILES string of the molecule is Cc1ccc(N2C[C@H](C(=O)Nc3ccnn3Cc3ccc(Br)cc3)CC2=O)cc1. The van der Waals surface area contributed by atoms with Crippen LogP contribution < -0.4 is 10.2 Å². The second kappa shape index (κ2) is 8.21. The first-order chi connectivity index (χ1) is 14.0. The molecule has 4 rings (SSSR count). The van der Waals surface area contributed by atoms with E-state index in [0.717, 1.165) is 21.3 Å². The summed E-state index contributed by atoms with van der Waals surface area (Å²) in [6.45, 7) is 2.94. The number of aromatic nitrogens is 2. The molecule has 0 aliphatic carbocycles. The van der Waals surface area contributed by atoms with Crippen LogP contribution in [0.4, 0.5) is 11.5 Å². The lowest BCUT2D eigenvalue weighted by molar-refractivity contribution is -0.122. The summed E-state index contributed by atoms with van der Waals surface area (Å²) in [7, 11) is 0. The molecular weight excluding hydrogens is 432 g/mol. The van der Waals surface area contributed by atoms with Crippen LogP contribution in [0.25, 0.3) is 0 Å². The Morgan fingerprint density at radius 1 is 1.14 bits per heavy atom. The van der Waals surface area contributed by atoms with Crippen molar-refractivity contribution in [2.75, 3.05) is 16.8 Å². The lowest BCUT2D eigenvalue weighted by Gasteiger charge is -2.17. The van der Waals surface area contributed by atoms with Crippen LogP contribution in [0.5, 0.6) is 0 Å². The molecule has 2 heterocycles. The maximum absolute atomic E-state index is 12.8. The standard InChI is InChI=1S/C22H21BrN4O2/c1-15-2-8-19(9-3-15)26-14-17(12-21(26)28)22(29)25-20-10-11-24-27(20)13-16-4-6-18(23)7-5-16/h2-11,17H,12-14H2,1H3,(H,25,29)/t17-/m1/s1. The Kier molecular flexibility index (Phi) is 5.49. The molecule has 29 heavy (non-hydrogen) atoms. The molecule has 0 saturated carbocycles. The second-order valence-electron chi connectivity index (χ2n) is 7.23. The highest BCUT2D eigenvalue weighted by molar-refractivity contribution is 9.10. The number of hydrogen-bond donors (Lipinski definition) is 1. The van der Waals surface area contributed by atoms with Crippen molar-refractivity contribution in [1.82, 2.24) is 9.78 Å². The van der Waals surface area contributed by atoms with Crippen molar-refractivity contribution in [3.05, 3.63) is 76.4 Å². The van der Waals surface area contributed by atoms with Crippen molar-refractivity contribution < 1.29 is 9.59 Å². The third-order valence-corrected chi connectivity index (χ3v) is 5.58. The van der Waals surface area contributed by atoms with Crippen molar-refractivity contribution in [2.45, 2.75) is 19.9 Å². The summed E-state index contributed by atoms with van der Waals surface area (Å²) >= 11 is 3.43. The highest BCUT2D eigenvalue weighted by atomic mass is 79.9. The molecule has 7 heteroatoms. The van der Waals surface area contributed by atoms with Gasteiger partial charge < -0.3 is 10.2 Å². The van der Waals surface area contributed by atoms with Gasteiger partial charge in [0.2, 0.25) is 11.8 Å². The van der Waals surface area contributed by atoms with E-state index in [9.17, 15) is 9.59 Å². The lowest BCUT2D eigenvalue weighted by Crippen LogP contribution is -2.28. The summed E-state index contributed by atoms with van der Waals surface area (Å²) < 4.78 is 2.76. The molecule has 1 saturated heterocycles. The molecule has 1 fully saturated rings. The van der Waals surface area contributed by atoms with Gasteiger partial charge in [0, 0.05) is 29.2 Å². The lowest BCUT2D eigenvalue weighted by atomic mass is 10.1. The van der Waals surface area contributed by atoms with E-state index in [-0.39, 0.29) is 24.2 Å². The quantitative estimate of drug-likeness (QED) is 0.635. The molecule has 148 valence electrons.